The molecule has 38 heavy (non-hydrogen) atoms. The Hall–Kier alpha value is -3.73. The number of unbranched alkanes of at least 4 members (excludes halogenated alkanes) is 1. The van der Waals surface area contributed by atoms with Crippen molar-refractivity contribution in [2.75, 3.05) is 13.2 Å². The molecule has 0 atom stereocenters. The average Bonchev–Trinajstić information content (AvgIpc) is 2.91. The summed E-state index contributed by atoms with van der Waals surface area (Å²) in [6, 6.07) is 15.8. The molecule has 0 radical (unpaired) electrons. The first kappa shape index (κ1) is 28.8. The van der Waals surface area contributed by atoms with Crippen molar-refractivity contribution in [1.82, 2.24) is 4.57 Å². The van der Waals surface area contributed by atoms with E-state index in [1.165, 1.54) is 11.1 Å². The Morgan fingerprint density at radius 3 is 2.42 bits per heavy atom. The molecule has 0 spiro atoms. The summed E-state index contributed by atoms with van der Waals surface area (Å²) in [5.74, 6) is 1.39. The lowest BCUT2D eigenvalue weighted by Gasteiger charge is -2.19. The van der Waals surface area contributed by atoms with E-state index in [2.05, 4.69) is 46.4 Å². The van der Waals surface area contributed by atoms with Crippen LogP contribution in [-0.4, -0.2) is 17.8 Å². The number of aryl methyl sites for hydroxylation is 1. The van der Waals surface area contributed by atoms with Crippen molar-refractivity contribution in [2.24, 2.45) is 0 Å². The Morgan fingerprint density at radius 1 is 0.947 bits per heavy atom. The molecular formula is C33H41NO4. The van der Waals surface area contributed by atoms with E-state index in [-0.39, 0.29) is 17.9 Å². The number of ether oxygens (including phenoxy) is 3. The molecule has 0 N–H and O–H groups in total. The zero-order valence-electron chi connectivity index (χ0n) is 23.3. The lowest BCUT2D eigenvalue weighted by molar-refractivity contribution is 0.302. The summed E-state index contributed by atoms with van der Waals surface area (Å²) in [6.45, 7) is 13.8. The summed E-state index contributed by atoms with van der Waals surface area (Å²) in [7, 11) is 0. The Balaban J connectivity index is 1.98. The number of pyridine rings is 1. The molecule has 0 aliphatic heterocycles. The lowest BCUT2D eigenvalue weighted by atomic mass is 10.1. The number of rotatable bonds is 15. The molecule has 0 fully saturated rings. The van der Waals surface area contributed by atoms with Gasteiger partial charge in [-0.25, -0.2) is 0 Å². The number of hydrogen-bond donors (Lipinski definition) is 0. The van der Waals surface area contributed by atoms with E-state index < -0.39 is 0 Å². The van der Waals surface area contributed by atoms with Crippen LogP contribution in [0, 0.1) is 0 Å². The fraction of sp³-hybridized carbons (Fsp3) is 0.364. The molecule has 3 aromatic rings. The van der Waals surface area contributed by atoms with Crippen LogP contribution in [0.4, 0.5) is 0 Å². The van der Waals surface area contributed by atoms with Crippen LogP contribution in [0.1, 0.15) is 58.9 Å². The van der Waals surface area contributed by atoms with E-state index in [0.29, 0.717) is 31.3 Å². The zero-order chi connectivity index (χ0) is 27.3. The van der Waals surface area contributed by atoms with Gasteiger partial charge in [-0.05, 0) is 63.8 Å². The highest BCUT2D eigenvalue weighted by Crippen LogP contribution is 2.35. The van der Waals surface area contributed by atoms with Gasteiger partial charge in [0.25, 0.3) is 5.56 Å². The van der Waals surface area contributed by atoms with Crippen LogP contribution in [0.2, 0.25) is 0 Å². The van der Waals surface area contributed by atoms with Crippen LogP contribution < -0.4 is 19.8 Å². The minimum atomic E-state index is -0.202. The Kier molecular flexibility index (Phi) is 11.3. The predicted molar refractivity (Wildman–Crippen MR) is 157 cm³/mol. The third-order valence-electron chi connectivity index (χ3n) is 6.23. The first-order valence-corrected chi connectivity index (χ1v) is 13.5. The molecule has 0 saturated heterocycles. The third kappa shape index (κ3) is 8.14. The molecule has 3 rings (SSSR count). The quantitative estimate of drug-likeness (QED) is 0.192. The summed E-state index contributed by atoms with van der Waals surface area (Å²) in [5.41, 5.74) is 4.22. The number of hydrogen-bond acceptors (Lipinski definition) is 4. The average molecular weight is 516 g/mol. The third-order valence-corrected chi connectivity index (χ3v) is 6.23. The molecule has 0 bridgehead atoms. The van der Waals surface area contributed by atoms with Crippen LogP contribution in [0.5, 0.6) is 17.2 Å². The second-order valence-electron chi connectivity index (χ2n) is 9.70. The fourth-order valence-electron chi connectivity index (χ4n) is 4.12. The van der Waals surface area contributed by atoms with Crippen LogP contribution >= 0.6 is 0 Å². The number of fused-ring (bicyclic) bond motifs is 1. The summed E-state index contributed by atoms with van der Waals surface area (Å²) in [5, 5.41) is 0.822. The zero-order valence-corrected chi connectivity index (χ0v) is 23.3. The SMILES string of the molecule is C=CCOc1c(OC/C=C(\C)CCC=C(C)C)c2ccc(OCc3ccccc3)cc2n(CCCC)c1=O. The summed E-state index contributed by atoms with van der Waals surface area (Å²) >= 11 is 0. The van der Waals surface area contributed by atoms with Crippen molar-refractivity contribution < 1.29 is 14.2 Å². The Labute approximate surface area is 227 Å². The van der Waals surface area contributed by atoms with Crippen molar-refractivity contribution in [2.45, 2.75) is 66.5 Å². The van der Waals surface area contributed by atoms with Gasteiger partial charge in [-0.15, -0.1) is 0 Å². The van der Waals surface area contributed by atoms with Gasteiger partial charge >= 0.3 is 0 Å². The van der Waals surface area contributed by atoms with Crippen molar-refractivity contribution in [3.05, 3.63) is 100 Å². The largest absolute Gasteiger partial charge is 0.489 e. The maximum absolute atomic E-state index is 13.7. The fourth-order valence-corrected chi connectivity index (χ4v) is 4.12. The first-order chi connectivity index (χ1) is 18.4. The van der Waals surface area contributed by atoms with Gasteiger partial charge in [0, 0.05) is 18.0 Å². The molecule has 5 nitrogen and oxygen atoms in total. The predicted octanol–water partition coefficient (Wildman–Crippen LogP) is 8.02. The van der Waals surface area contributed by atoms with Gasteiger partial charge in [-0.3, -0.25) is 4.79 Å². The minimum absolute atomic E-state index is 0.202. The lowest BCUT2D eigenvalue weighted by Crippen LogP contribution is -2.24. The molecule has 0 aliphatic carbocycles. The van der Waals surface area contributed by atoms with Gasteiger partial charge in [0.2, 0.25) is 5.75 Å². The monoisotopic (exact) mass is 515 g/mol. The van der Waals surface area contributed by atoms with E-state index >= 15 is 0 Å². The number of allylic oxidation sites excluding steroid dienone is 3. The molecule has 2 aromatic carbocycles. The first-order valence-electron chi connectivity index (χ1n) is 13.5. The maximum atomic E-state index is 13.7. The van der Waals surface area contributed by atoms with Crippen molar-refractivity contribution in [3.63, 3.8) is 0 Å². The number of nitrogens with zero attached hydrogens (tertiary/aromatic N) is 1. The molecule has 0 aliphatic rings. The van der Waals surface area contributed by atoms with Gasteiger partial charge in [-0.2, -0.15) is 0 Å². The highest BCUT2D eigenvalue weighted by Gasteiger charge is 2.20. The maximum Gasteiger partial charge on any atom is 0.297 e. The van der Waals surface area contributed by atoms with Gasteiger partial charge in [-0.1, -0.05) is 73.6 Å². The minimum Gasteiger partial charge on any atom is -0.489 e. The smallest absolute Gasteiger partial charge is 0.297 e. The van der Waals surface area contributed by atoms with Crippen LogP contribution in [-0.2, 0) is 13.2 Å². The highest BCUT2D eigenvalue weighted by atomic mass is 16.5. The second-order valence-corrected chi connectivity index (χ2v) is 9.70. The molecule has 0 saturated carbocycles. The Bertz CT molecular complexity index is 1310. The van der Waals surface area contributed by atoms with E-state index in [1.807, 2.05) is 48.5 Å². The molecule has 0 unspecified atom stereocenters. The topological polar surface area (TPSA) is 49.7 Å². The van der Waals surface area contributed by atoms with Crippen LogP contribution in [0.15, 0.2) is 89.3 Å². The molecule has 5 heteroatoms. The van der Waals surface area contributed by atoms with Crippen molar-refractivity contribution >= 4 is 10.9 Å². The molecular weight excluding hydrogens is 474 g/mol. The van der Waals surface area contributed by atoms with Crippen molar-refractivity contribution in [3.8, 4) is 17.2 Å². The second kappa shape index (κ2) is 14.9. The van der Waals surface area contributed by atoms with E-state index in [1.54, 1.807) is 10.6 Å². The van der Waals surface area contributed by atoms with Crippen LogP contribution in [0.3, 0.4) is 0 Å². The summed E-state index contributed by atoms with van der Waals surface area (Å²) < 4.78 is 20.0. The van der Waals surface area contributed by atoms with Gasteiger partial charge in [0.05, 0.1) is 5.52 Å². The molecule has 0 amide bonds. The van der Waals surface area contributed by atoms with Gasteiger partial charge in [0.15, 0.2) is 5.75 Å². The van der Waals surface area contributed by atoms with E-state index in [9.17, 15) is 4.79 Å². The van der Waals surface area contributed by atoms with Crippen molar-refractivity contribution in [1.29, 1.82) is 0 Å². The normalized spacial score (nSPS) is 11.3. The number of benzene rings is 2. The summed E-state index contributed by atoms with van der Waals surface area (Å²) in [6.07, 6.45) is 9.76. The van der Waals surface area contributed by atoms with Crippen LogP contribution in [0.25, 0.3) is 10.9 Å². The highest BCUT2D eigenvalue weighted by molar-refractivity contribution is 5.89. The molecule has 202 valence electrons. The molecule has 1 aromatic heterocycles. The summed E-state index contributed by atoms with van der Waals surface area (Å²) in [4.78, 5) is 13.7. The van der Waals surface area contributed by atoms with Gasteiger partial charge in [0.1, 0.15) is 25.6 Å². The number of aromatic nitrogens is 1. The molecule has 1 heterocycles. The standard InChI is InChI=1S/C33H41NO4/c1-6-8-20-34-30-23-28(38-24-27-15-10-9-11-16-27)17-18-29(30)31(32(33(34)35)36-21-7-2)37-22-19-26(5)14-12-13-25(3)4/h7,9-11,13,15-19,23H,2,6,8,12,14,20-22,24H2,1,3-5H3/b26-19+. The Morgan fingerprint density at radius 2 is 1.71 bits per heavy atom. The van der Waals surface area contributed by atoms with E-state index in [4.69, 9.17) is 14.2 Å². The van der Waals surface area contributed by atoms with Gasteiger partial charge < -0.3 is 18.8 Å². The van der Waals surface area contributed by atoms with E-state index in [0.717, 1.165) is 42.1 Å².